The molecule has 0 aromatic heterocycles. The highest BCUT2D eigenvalue weighted by Crippen LogP contribution is 2.18. The first kappa shape index (κ1) is 14.0. The van der Waals surface area contributed by atoms with Crippen LogP contribution in [0.1, 0.15) is 25.8 Å². The quantitative estimate of drug-likeness (QED) is 0.686. The third-order valence-corrected chi connectivity index (χ3v) is 5.28. The maximum absolute atomic E-state index is 6.08. The summed E-state index contributed by atoms with van der Waals surface area (Å²) in [5.41, 5.74) is 1.29. The van der Waals surface area contributed by atoms with E-state index in [9.17, 15) is 0 Å². The van der Waals surface area contributed by atoms with Crippen LogP contribution < -0.4 is 4.43 Å². The summed E-state index contributed by atoms with van der Waals surface area (Å²) in [6.07, 6.45) is 2.96. The number of hydrogen-bond acceptors (Lipinski definition) is 2. The van der Waals surface area contributed by atoms with Crippen molar-refractivity contribution in [1.82, 2.24) is 0 Å². The standard InChI is InChI=1S/C14H21O2Si/c1-5-10-17(12(3)15-4)16-14-9-7-8-13(6-2)11-14/h6-9,11-12H,2,5,10H2,1,3-4H3. The van der Waals surface area contributed by atoms with E-state index in [0.29, 0.717) is 0 Å². The lowest BCUT2D eigenvalue weighted by molar-refractivity contribution is 0.164. The van der Waals surface area contributed by atoms with Crippen LogP contribution in [-0.4, -0.2) is 21.9 Å². The summed E-state index contributed by atoms with van der Waals surface area (Å²) in [5.74, 6) is 0.925. The largest absolute Gasteiger partial charge is 0.539 e. The second-order valence-corrected chi connectivity index (χ2v) is 6.42. The second-order valence-electron chi connectivity index (χ2n) is 3.97. The fourth-order valence-electron chi connectivity index (χ4n) is 1.57. The number of hydrogen-bond donors (Lipinski definition) is 0. The Hall–Kier alpha value is -1.06. The lowest BCUT2D eigenvalue weighted by atomic mass is 10.2. The molecule has 0 aliphatic heterocycles. The van der Waals surface area contributed by atoms with Crippen LogP contribution in [0.4, 0.5) is 0 Å². The first-order valence-corrected chi connectivity index (χ1v) is 7.69. The maximum Gasteiger partial charge on any atom is 0.310 e. The molecule has 1 atom stereocenters. The van der Waals surface area contributed by atoms with E-state index in [1.54, 1.807) is 7.11 Å². The highest BCUT2D eigenvalue weighted by atomic mass is 28.3. The van der Waals surface area contributed by atoms with E-state index in [1.165, 1.54) is 0 Å². The molecule has 0 aliphatic rings. The second kappa shape index (κ2) is 7.30. The number of ether oxygens (including phenoxy) is 1. The zero-order chi connectivity index (χ0) is 12.7. The van der Waals surface area contributed by atoms with Gasteiger partial charge in [-0.05, 0) is 30.7 Å². The average Bonchev–Trinajstić information content (AvgIpc) is 2.37. The summed E-state index contributed by atoms with van der Waals surface area (Å²) >= 11 is 0. The molecule has 17 heavy (non-hydrogen) atoms. The fraction of sp³-hybridized carbons (Fsp3) is 0.429. The van der Waals surface area contributed by atoms with Crippen molar-refractivity contribution in [2.45, 2.75) is 32.0 Å². The van der Waals surface area contributed by atoms with Crippen molar-refractivity contribution in [2.24, 2.45) is 0 Å². The molecule has 0 heterocycles. The van der Waals surface area contributed by atoms with Crippen molar-refractivity contribution >= 4 is 15.1 Å². The summed E-state index contributed by atoms with van der Waals surface area (Å²) < 4.78 is 11.5. The number of methoxy groups -OCH3 is 1. The van der Waals surface area contributed by atoms with Crippen molar-refractivity contribution < 1.29 is 9.16 Å². The molecule has 93 valence electrons. The molecule has 0 aliphatic carbocycles. The van der Waals surface area contributed by atoms with Crippen molar-refractivity contribution in [1.29, 1.82) is 0 Å². The van der Waals surface area contributed by atoms with Gasteiger partial charge in [0.25, 0.3) is 0 Å². The molecule has 0 N–H and O–H groups in total. The SMILES string of the molecule is C=Cc1cccc(O[Si](CCC)C(C)OC)c1. The van der Waals surface area contributed by atoms with Gasteiger partial charge in [0.1, 0.15) is 5.75 Å². The van der Waals surface area contributed by atoms with Gasteiger partial charge in [-0.15, -0.1) is 0 Å². The third-order valence-electron chi connectivity index (χ3n) is 2.65. The molecular weight excluding hydrogens is 228 g/mol. The molecule has 0 fully saturated rings. The Balaban J connectivity index is 2.74. The van der Waals surface area contributed by atoms with Crippen LogP contribution in [0.3, 0.4) is 0 Å². The van der Waals surface area contributed by atoms with Gasteiger partial charge in [0, 0.05) is 7.11 Å². The van der Waals surface area contributed by atoms with Gasteiger partial charge in [0.2, 0.25) is 0 Å². The van der Waals surface area contributed by atoms with Crippen LogP contribution in [0.25, 0.3) is 6.08 Å². The van der Waals surface area contributed by atoms with Crippen LogP contribution in [0.15, 0.2) is 30.8 Å². The third kappa shape index (κ3) is 4.36. The van der Waals surface area contributed by atoms with Gasteiger partial charge in [0.05, 0.1) is 5.73 Å². The molecule has 0 saturated heterocycles. The van der Waals surface area contributed by atoms with Crippen LogP contribution in [0, 0.1) is 0 Å². The Morgan fingerprint density at radius 3 is 2.82 bits per heavy atom. The fourth-order valence-corrected chi connectivity index (χ4v) is 3.43. The Labute approximate surface area is 106 Å². The molecule has 0 amide bonds. The van der Waals surface area contributed by atoms with E-state index in [2.05, 4.69) is 20.4 Å². The van der Waals surface area contributed by atoms with E-state index in [4.69, 9.17) is 9.16 Å². The molecule has 0 bridgehead atoms. The van der Waals surface area contributed by atoms with Crippen molar-refractivity contribution in [3.63, 3.8) is 0 Å². The minimum atomic E-state index is -0.958. The van der Waals surface area contributed by atoms with E-state index in [1.807, 2.05) is 30.3 Å². The Bertz CT molecular complexity index is 352. The lowest BCUT2D eigenvalue weighted by Gasteiger charge is -2.21. The first-order chi connectivity index (χ1) is 8.21. The molecule has 1 radical (unpaired) electrons. The minimum Gasteiger partial charge on any atom is -0.539 e. The monoisotopic (exact) mass is 249 g/mol. The van der Waals surface area contributed by atoms with Crippen molar-refractivity contribution in [2.75, 3.05) is 7.11 Å². The molecule has 1 rings (SSSR count). The molecule has 1 aromatic rings. The smallest absolute Gasteiger partial charge is 0.310 e. The highest BCUT2D eigenvalue weighted by molar-refractivity contribution is 6.54. The molecule has 2 nitrogen and oxygen atoms in total. The van der Waals surface area contributed by atoms with Crippen LogP contribution in [0.2, 0.25) is 6.04 Å². The molecule has 0 saturated carbocycles. The van der Waals surface area contributed by atoms with Gasteiger partial charge in [-0.3, -0.25) is 0 Å². The predicted molar refractivity (Wildman–Crippen MR) is 74.5 cm³/mol. The van der Waals surface area contributed by atoms with Crippen molar-refractivity contribution in [3.8, 4) is 5.75 Å². The van der Waals surface area contributed by atoms with E-state index < -0.39 is 9.04 Å². The summed E-state index contributed by atoms with van der Waals surface area (Å²) in [6, 6.07) is 9.13. The van der Waals surface area contributed by atoms with E-state index >= 15 is 0 Å². The van der Waals surface area contributed by atoms with Crippen LogP contribution in [0.5, 0.6) is 5.75 Å². The van der Waals surface area contributed by atoms with Gasteiger partial charge >= 0.3 is 9.04 Å². The van der Waals surface area contributed by atoms with Crippen LogP contribution in [-0.2, 0) is 4.74 Å². The van der Waals surface area contributed by atoms with Crippen LogP contribution >= 0.6 is 0 Å². The predicted octanol–water partition coefficient (Wildman–Crippen LogP) is 3.68. The zero-order valence-corrected chi connectivity index (χ0v) is 11.9. The maximum atomic E-state index is 6.08. The Kier molecular flexibility index (Phi) is 6.01. The molecule has 1 aromatic carbocycles. The van der Waals surface area contributed by atoms with Gasteiger partial charge < -0.3 is 9.16 Å². The lowest BCUT2D eigenvalue weighted by Crippen LogP contribution is -2.36. The number of rotatable bonds is 7. The zero-order valence-electron chi connectivity index (χ0n) is 10.9. The first-order valence-electron chi connectivity index (χ1n) is 6.00. The number of benzene rings is 1. The summed E-state index contributed by atoms with van der Waals surface area (Å²) in [5, 5.41) is 0. The minimum absolute atomic E-state index is 0.201. The topological polar surface area (TPSA) is 18.5 Å². The summed E-state index contributed by atoms with van der Waals surface area (Å²) in [6.45, 7) is 8.03. The van der Waals surface area contributed by atoms with Gasteiger partial charge in [0.15, 0.2) is 0 Å². The molecule has 1 unspecified atom stereocenters. The molecular formula is C14H21O2Si. The highest BCUT2D eigenvalue weighted by Gasteiger charge is 2.22. The normalized spacial score (nSPS) is 12.5. The van der Waals surface area contributed by atoms with Crippen molar-refractivity contribution in [3.05, 3.63) is 36.4 Å². The summed E-state index contributed by atoms with van der Waals surface area (Å²) in [4.78, 5) is 0. The Morgan fingerprint density at radius 2 is 2.24 bits per heavy atom. The molecule has 0 spiro atoms. The van der Waals surface area contributed by atoms with Gasteiger partial charge in [-0.25, -0.2) is 0 Å². The van der Waals surface area contributed by atoms with E-state index in [0.717, 1.165) is 23.8 Å². The Morgan fingerprint density at radius 1 is 1.47 bits per heavy atom. The molecule has 3 heteroatoms. The average molecular weight is 249 g/mol. The summed E-state index contributed by atoms with van der Waals surface area (Å²) in [7, 11) is 0.787. The van der Waals surface area contributed by atoms with E-state index in [-0.39, 0.29) is 5.73 Å². The van der Waals surface area contributed by atoms with Gasteiger partial charge in [-0.1, -0.05) is 38.1 Å². The van der Waals surface area contributed by atoms with Gasteiger partial charge in [-0.2, -0.15) is 0 Å².